The van der Waals surface area contributed by atoms with E-state index in [1.807, 2.05) is 0 Å². The maximum atomic E-state index is 13.7. The molecule has 2 aliphatic heterocycles. The molecule has 1 saturated carbocycles. The van der Waals surface area contributed by atoms with Gasteiger partial charge in [-0.25, -0.2) is 0 Å². The Balaban J connectivity index is 1.36. The van der Waals surface area contributed by atoms with E-state index in [0.29, 0.717) is 47.1 Å². The zero-order valence-electron chi connectivity index (χ0n) is 20.8. The second kappa shape index (κ2) is 10.4. The van der Waals surface area contributed by atoms with E-state index < -0.39 is 23.2 Å². The Morgan fingerprint density at radius 3 is 2.24 bits per heavy atom. The lowest BCUT2D eigenvalue weighted by Gasteiger charge is -2.40. The van der Waals surface area contributed by atoms with Gasteiger partial charge in [0.25, 0.3) is 0 Å². The predicted octanol–water partition coefficient (Wildman–Crippen LogP) is 5.37. The van der Waals surface area contributed by atoms with E-state index in [-0.39, 0.29) is 23.7 Å². The van der Waals surface area contributed by atoms with Crippen molar-refractivity contribution in [2.24, 2.45) is 5.41 Å². The van der Waals surface area contributed by atoms with E-state index in [2.05, 4.69) is 10.6 Å². The second-order valence-corrected chi connectivity index (χ2v) is 11.7. The highest BCUT2D eigenvalue weighted by Gasteiger charge is 2.53. The summed E-state index contributed by atoms with van der Waals surface area (Å²) in [6.45, 7) is 3.11. The number of hydrogen-bond donors (Lipinski definition) is 2. The normalized spacial score (nSPS) is 20.8. The van der Waals surface area contributed by atoms with E-state index in [1.54, 1.807) is 23.1 Å². The van der Waals surface area contributed by atoms with Crippen molar-refractivity contribution >= 4 is 35.0 Å². The summed E-state index contributed by atoms with van der Waals surface area (Å²) in [5, 5.41) is 7.22. The molecule has 0 bridgehead atoms. The van der Waals surface area contributed by atoms with Crippen LogP contribution >= 0.6 is 23.2 Å². The number of likely N-dealkylation sites (tertiary alicyclic amines) is 1. The van der Waals surface area contributed by atoms with Gasteiger partial charge in [-0.1, -0.05) is 41.4 Å². The van der Waals surface area contributed by atoms with Crippen LogP contribution in [0.1, 0.15) is 48.8 Å². The van der Waals surface area contributed by atoms with Crippen molar-refractivity contribution < 1.29 is 22.8 Å². The van der Waals surface area contributed by atoms with Crippen molar-refractivity contribution in [2.45, 2.75) is 56.2 Å². The molecule has 2 N–H and O–H groups in total. The number of nitrogens with one attached hydrogen (secondary N) is 2. The largest absolute Gasteiger partial charge is 0.416 e. The summed E-state index contributed by atoms with van der Waals surface area (Å²) in [6, 6.07) is 8.86. The Morgan fingerprint density at radius 2 is 1.68 bits per heavy atom. The molecular formula is C28H30Cl2F3N3O2. The average Bonchev–Trinajstić information content (AvgIpc) is 3.56. The van der Waals surface area contributed by atoms with Gasteiger partial charge in [0.2, 0.25) is 11.8 Å². The van der Waals surface area contributed by atoms with Crippen molar-refractivity contribution in [2.75, 3.05) is 26.2 Å². The molecule has 1 spiro atoms. The Labute approximate surface area is 230 Å². The fourth-order valence-corrected chi connectivity index (χ4v) is 6.42. The number of alkyl halides is 3. The Kier molecular flexibility index (Phi) is 7.44. The Morgan fingerprint density at radius 1 is 1.00 bits per heavy atom. The van der Waals surface area contributed by atoms with Crippen molar-refractivity contribution in [3.8, 4) is 0 Å². The standard InChI is InChI=1S/C28H30Cl2F3N3O2/c29-20-5-6-21(22(30)16-20)27(7-8-27)25(38)35-23(15-18-1-3-19(4-2-18)28(31,32)33)24(37)36-13-10-26(11-14-36)9-12-34-17-26/h1-6,16,23,34H,7-15,17H2,(H,35,38)/t23-/m0/s1. The van der Waals surface area contributed by atoms with Gasteiger partial charge in [-0.05, 0) is 79.5 Å². The van der Waals surface area contributed by atoms with E-state index in [0.717, 1.165) is 44.5 Å². The smallest absolute Gasteiger partial charge is 0.343 e. The van der Waals surface area contributed by atoms with E-state index >= 15 is 0 Å². The Hall–Kier alpha value is -2.29. The first kappa shape index (κ1) is 27.3. The van der Waals surface area contributed by atoms with Gasteiger partial charge in [-0.2, -0.15) is 13.2 Å². The minimum absolute atomic E-state index is 0.0936. The first-order chi connectivity index (χ1) is 18.0. The number of hydrogen-bond acceptors (Lipinski definition) is 3. The minimum Gasteiger partial charge on any atom is -0.343 e. The summed E-state index contributed by atoms with van der Waals surface area (Å²) in [4.78, 5) is 29.1. The molecule has 2 heterocycles. The van der Waals surface area contributed by atoms with Crippen LogP contribution in [-0.2, 0) is 27.6 Å². The van der Waals surface area contributed by atoms with Gasteiger partial charge in [0.15, 0.2) is 0 Å². The van der Waals surface area contributed by atoms with Crippen LogP contribution in [0.3, 0.4) is 0 Å². The maximum absolute atomic E-state index is 13.7. The molecule has 38 heavy (non-hydrogen) atoms. The third-order valence-corrected chi connectivity index (χ3v) is 8.97. The van der Waals surface area contributed by atoms with Crippen LogP contribution in [0, 0.1) is 5.41 Å². The van der Waals surface area contributed by atoms with Gasteiger partial charge in [-0.3, -0.25) is 9.59 Å². The molecule has 204 valence electrons. The van der Waals surface area contributed by atoms with Gasteiger partial charge in [0, 0.05) is 36.1 Å². The summed E-state index contributed by atoms with van der Waals surface area (Å²) in [5.41, 5.74) is -0.183. The molecule has 5 rings (SSSR count). The molecule has 10 heteroatoms. The number of rotatable bonds is 6. The van der Waals surface area contributed by atoms with E-state index in [9.17, 15) is 22.8 Å². The maximum Gasteiger partial charge on any atom is 0.416 e. The quantitative estimate of drug-likeness (QED) is 0.493. The second-order valence-electron chi connectivity index (χ2n) is 10.9. The molecule has 2 amide bonds. The molecule has 5 nitrogen and oxygen atoms in total. The SMILES string of the molecule is O=C([C@H](Cc1ccc(C(F)(F)F)cc1)NC(=O)C1(c2ccc(Cl)cc2Cl)CC1)N1CCC2(CCNC2)CC1. The first-order valence-corrected chi connectivity index (χ1v) is 13.7. The molecule has 2 aromatic rings. The van der Waals surface area contributed by atoms with Crippen LogP contribution in [-0.4, -0.2) is 48.9 Å². The zero-order chi connectivity index (χ0) is 27.1. The molecule has 2 aromatic carbocycles. The topological polar surface area (TPSA) is 61.4 Å². The number of nitrogens with zero attached hydrogens (tertiary/aromatic N) is 1. The summed E-state index contributed by atoms with van der Waals surface area (Å²) in [5.74, 6) is -0.516. The highest BCUT2D eigenvalue weighted by molar-refractivity contribution is 6.35. The van der Waals surface area contributed by atoms with Crippen LogP contribution in [0.5, 0.6) is 0 Å². The average molecular weight is 568 g/mol. The van der Waals surface area contributed by atoms with Crippen LogP contribution in [0.2, 0.25) is 10.0 Å². The summed E-state index contributed by atoms with van der Waals surface area (Å²) in [7, 11) is 0. The monoisotopic (exact) mass is 567 g/mol. The summed E-state index contributed by atoms with van der Waals surface area (Å²) >= 11 is 12.5. The number of carbonyl (C=O) groups is 2. The van der Waals surface area contributed by atoms with Crippen molar-refractivity contribution in [1.82, 2.24) is 15.5 Å². The Bertz CT molecular complexity index is 1200. The predicted molar refractivity (Wildman–Crippen MR) is 140 cm³/mol. The lowest BCUT2D eigenvalue weighted by atomic mass is 9.77. The fourth-order valence-electron chi connectivity index (χ4n) is 5.83. The van der Waals surface area contributed by atoms with Crippen LogP contribution < -0.4 is 10.6 Å². The minimum atomic E-state index is -4.45. The summed E-state index contributed by atoms with van der Waals surface area (Å²) < 4.78 is 39.2. The molecule has 1 atom stereocenters. The molecule has 1 aliphatic carbocycles. The molecule has 0 unspecified atom stereocenters. The van der Waals surface area contributed by atoms with Gasteiger partial charge >= 0.3 is 6.18 Å². The van der Waals surface area contributed by atoms with Gasteiger partial charge < -0.3 is 15.5 Å². The van der Waals surface area contributed by atoms with Gasteiger partial charge in [-0.15, -0.1) is 0 Å². The van der Waals surface area contributed by atoms with E-state index in [1.165, 1.54) is 12.1 Å². The lowest BCUT2D eigenvalue weighted by Crippen LogP contribution is -2.54. The molecule has 2 saturated heterocycles. The van der Waals surface area contributed by atoms with Gasteiger partial charge in [0.05, 0.1) is 11.0 Å². The molecule has 3 fully saturated rings. The number of halogens is 5. The van der Waals surface area contributed by atoms with Crippen molar-refractivity contribution in [3.05, 3.63) is 69.2 Å². The molecular weight excluding hydrogens is 538 g/mol. The first-order valence-electron chi connectivity index (χ1n) is 12.9. The lowest BCUT2D eigenvalue weighted by molar-refractivity contribution is -0.139. The molecule has 3 aliphatic rings. The van der Waals surface area contributed by atoms with Crippen LogP contribution in [0.25, 0.3) is 0 Å². The third kappa shape index (κ3) is 5.54. The molecule has 0 radical (unpaired) electrons. The van der Waals surface area contributed by atoms with Crippen molar-refractivity contribution in [3.63, 3.8) is 0 Å². The molecule has 0 aromatic heterocycles. The number of carbonyl (C=O) groups excluding carboxylic acids is 2. The van der Waals surface area contributed by atoms with Crippen LogP contribution in [0.4, 0.5) is 13.2 Å². The number of benzene rings is 2. The van der Waals surface area contributed by atoms with E-state index in [4.69, 9.17) is 23.2 Å². The highest BCUT2D eigenvalue weighted by atomic mass is 35.5. The highest BCUT2D eigenvalue weighted by Crippen LogP contribution is 2.51. The van der Waals surface area contributed by atoms with Crippen LogP contribution in [0.15, 0.2) is 42.5 Å². The third-order valence-electron chi connectivity index (χ3n) is 8.42. The number of piperidine rings is 1. The fraction of sp³-hybridized carbons (Fsp3) is 0.500. The summed E-state index contributed by atoms with van der Waals surface area (Å²) in [6.07, 6.45) is -0.326. The van der Waals surface area contributed by atoms with Gasteiger partial charge in [0.1, 0.15) is 6.04 Å². The van der Waals surface area contributed by atoms with Crippen molar-refractivity contribution in [1.29, 1.82) is 0 Å². The number of amides is 2. The zero-order valence-corrected chi connectivity index (χ0v) is 22.4.